The van der Waals surface area contributed by atoms with Crippen LogP contribution in [0.4, 0.5) is 0 Å². The lowest BCUT2D eigenvalue weighted by molar-refractivity contribution is -0.168. The lowest BCUT2D eigenvalue weighted by atomic mass is 9.66. The standard InChI is InChI=1S/C15H18N2O5/c1-13(2)14(3)6-7-15(13,22-12(14)20)11(19)17-16-10(18)9-5-4-8-21-9/h4-5,8H,6-7H2,1-3H3,(H,16,18)(H,17,19)/t14-,15-/m1/s1. The number of amides is 2. The first-order chi connectivity index (χ1) is 10.2. The van der Waals surface area contributed by atoms with Gasteiger partial charge in [-0.3, -0.25) is 25.2 Å². The fourth-order valence-corrected chi connectivity index (χ4v) is 3.43. The summed E-state index contributed by atoms with van der Waals surface area (Å²) >= 11 is 0. The molecular weight excluding hydrogens is 288 g/mol. The molecule has 0 radical (unpaired) electrons. The van der Waals surface area contributed by atoms with Crippen LogP contribution in [0, 0.1) is 10.8 Å². The Morgan fingerprint density at radius 3 is 2.41 bits per heavy atom. The van der Waals surface area contributed by atoms with Gasteiger partial charge in [0.15, 0.2) is 11.4 Å². The number of ether oxygens (including phenoxy) is 1. The van der Waals surface area contributed by atoms with E-state index in [4.69, 9.17) is 9.15 Å². The molecule has 22 heavy (non-hydrogen) atoms. The lowest BCUT2D eigenvalue weighted by Gasteiger charge is -2.35. The van der Waals surface area contributed by atoms with Crippen LogP contribution in [0.1, 0.15) is 44.2 Å². The van der Waals surface area contributed by atoms with Gasteiger partial charge < -0.3 is 9.15 Å². The fourth-order valence-electron chi connectivity index (χ4n) is 3.43. The van der Waals surface area contributed by atoms with Gasteiger partial charge in [-0.15, -0.1) is 0 Å². The molecule has 118 valence electrons. The van der Waals surface area contributed by atoms with Crippen molar-refractivity contribution in [3.05, 3.63) is 24.2 Å². The van der Waals surface area contributed by atoms with Gasteiger partial charge in [0.05, 0.1) is 11.7 Å². The number of hydrogen-bond donors (Lipinski definition) is 2. The van der Waals surface area contributed by atoms with Crippen LogP contribution in [-0.2, 0) is 14.3 Å². The van der Waals surface area contributed by atoms with Crippen molar-refractivity contribution in [3.8, 4) is 0 Å². The third-order valence-corrected chi connectivity index (χ3v) is 5.48. The van der Waals surface area contributed by atoms with Gasteiger partial charge in [0.2, 0.25) is 0 Å². The highest BCUT2D eigenvalue weighted by molar-refractivity contribution is 5.98. The van der Waals surface area contributed by atoms with Crippen LogP contribution in [0.2, 0.25) is 0 Å². The first-order valence-electron chi connectivity index (χ1n) is 7.12. The molecule has 0 aromatic carbocycles. The van der Waals surface area contributed by atoms with Gasteiger partial charge in [-0.25, -0.2) is 0 Å². The summed E-state index contributed by atoms with van der Waals surface area (Å²) in [5, 5.41) is 0. The average molecular weight is 306 g/mol. The Balaban J connectivity index is 1.76. The topological polar surface area (TPSA) is 97.6 Å². The maximum Gasteiger partial charge on any atom is 0.313 e. The van der Waals surface area contributed by atoms with Crippen LogP contribution in [0.5, 0.6) is 0 Å². The molecule has 7 nitrogen and oxygen atoms in total. The molecule has 0 spiro atoms. The van der Waals surface area contributed by atoms with E-state index in [1.54, 1.807) is 6.07 Å². The first-order valence-corrected chi connectivity index (χ1v) is 7.12. The highest BCUT2D eigenvalue weighted by Crippen LogP contribution is 2.65. The molecule has 2 heterocycles. The maximum absolute atomic E-state index is 12.6. The molecule has 1 saturated heterocycles. The Morgan fingerprint density at radius 1 is 1.18 bits per heavy atom. The summed E-state index contributed by atoms with van der Waals surface area (Å²) in [7, 11) is 0. The van der Waals surface area contributed by atoms with Crippen molar-refractivity contribution in [2.45, 2.75) is 39.2 Å². The van der Waals surface area contributed by atoms with Crippen LogP contribution in [0.25, 0.3) is 0 Å². The number of rotatable bonds is 2. The van der Waals surface area contributed by atoms with Gasteiger partial charge in [0.1, 0.15) is 0 Å². The summed E-state index contributed by atoms with van der Waals surface area (Å²) in [6, 6.07) is 3.05. The van der Waals surface area contributed by atoms with Gasteiger partial charge in [0, 0.05) is 5.41 Å². The van der Waals surface area contributed by atoms with Crippen molar-refractivity contribution >= 4 is 17.8 Å². The lowest BCUT2D eigenvalue weighted by Crippen LogP contribution is -2.57. The zero-order chi connectivity index (χ0) is 16.2. The molecule has 1 aromatic heterocycles. The molecule has 1 aliphatic heterocycles. The molecule has 7 heteroatoms. The number of fused-ring (bicyclic) bond motifs is 2. The zero-order valence-electron chi connectivity index (χ0n) is 12.7. The Bertz CT molecular complexity index is 651. The smallest absolute Gasteiger partial charge is 0.313 e. The third kappa shape index (κ3) is 1.59. The van der Waals surface area contributed by atoms with Crippen molar-refractivity contribution in [2.75, 3.05) is 0 Å². The second kappa shape index (κ2) is 4.34. The highest BCUT2D eigenvalue weighted by atomic mass is 16.6. The number of furan rings is 1. The zero-order valence-corrected chi connectivity index (χ0v) is 12.7. The predicted octanol–water partition coefficient (Wildman–Crippen LogP) is 1.16. The van der Waals surface area contributed by atoms with Crippen LogP contribution in [-0.4, -0.2) is 23.4 Å². The summed E-state index contributed by atoms with van der Waals surface area (Å²) in [6.45, 7) is 5.51. The molecule has 1 saturated carbocycles. The number of carbonyl (C=O) groups excluding carboxylic acids is 3. The third-order valence-electron chi connectivity index (χ3n) is 5.48. The normalized spacial score (nSPS) is 31.7. The van der Waals surface area contributed by atoms with Crippen molar-refractivity contribution in [3.63, 3.8) is 0 Å². The van der Waals surface area contributed by atoms with Gasteiger partial charge in [-0.1, -0.05) is 13.8 Å². The molecule has 2 amide bonds. The molecule has 1 aliphatic carbocycles. The Labute approximate surface area is 127 Å². The van der Waals surface area contributed by atoms with E-state index in [1.165, 1.54) is 12.3 Å². The molecule has 2 bridgehead atoms. The quantitative estimate of drug-likeness (QED) is 0.631. The van der Waals surface area contributed by atoms with Crippen LogP contribution in [0.3, 0.4) is 0 Å². The average Bonchev–Trinajstić information content (AvgIpc) is 3.10. The largest absolute Gasteiger partial charge is 0.459 e. The number of carbonyl (C=O) groups is 3. The van der Waals surface area contributed by atoms with Gasteiger partial charge in [0.25, 0.3) is 5.91 Å². The van der Waals surface area contributed by atoms with E-state index in [-0.39, 0.29) is 11.7 Å². The number of hydrazine groups is 1. The molecule has 2 N–H and O–H groups in total. The van der Waals surface area contributed by atoms with Crippen molar-refractivity contribution in [2.24, 2.45) is 10.8 Å². The molecule has 1 aromatic rings. The summed E-state index contributed by atoms with van der Waals surface area (Å²) in [5.74, 6) is -1.38. The highest BCUT2D eigenvalue weighted by Gasteiger charge is 2.75. The molecule has 0 unspecified atom stereocenters. The van der Waals surface area contributed by atoms with E-state index in [1.807, 2.05) is 20.8 Å². The predicted molar refractivity (Wildman–Crippen MR) is 74.3 cm³/mol. The summed E-state index contributed by atoms with van der Waals surface area (Å²) in [5.41, 5.74) is 2.03. The molecule has 2 atom stereocenters. The molecular formula is C15H18N2O5. The first kappa shape index (κ1) is 14.6. The van der Waals surface area contributed by atoms with E-state index in [9.17, 15) is 14.4 Å². The molecule has 2 fully saturated rings. The van der Waals surface area contributed by atoms with Crippen LogP contribution < -0.4 is 10.9 Å². The van der Waals surface area contributed by atoms with Gasteiger partial charge in [-0.05, 0) is 31.9 Å². The van der Waals surface area contributed by atoms with E-state index in [0.29, 0.717) is 12.8 Å². The number of nitrogens with one attached hydrogen (secondary N) is 2. The summed E-state index contributed by atoms with van der Waals surface area (Å²) in [6.07, 6.45) is 2.38. The Kier molecular flexibility index (Phi) is 2.89. The van der Waals surface area contributed by atoms with Gasteiger partial charge in [-0.2, -0.15) is 0 Å². The molecule has 3 rings (SSSR count). The van der Waals surface area contributed by atoms with Crippen molar-refractivity contribution in [1.29, 1.82) is 0 Å². The molecule has 2 aliphatic rings. The van der Waals surface area contributed by atoms with E-state index >= 15 is 0 Å². The van der Waals surface area contributed by atoms with Crippen LogP contribution in [0.15, 0.2) is 22.8 Å². The monoisotopic (exact) mass is 306 g/mol. The van der Waals surface area contributed by atoms with Gasteiger partial charge >= 0.3 is 11.9 Å². The minimum absolute atomic E-state index is 0.0803. The van der Waals surface area contributed by atoms with Crippen molar-refractivity contribution in [1.82, 2.24) is 10.9 Å². The van der Waals surface area contributed by atoms with Crippen LogP contribution >= 0.6 is 0 Å². The second-order valence-electron chi connectivity index (χ2n) is 6.56. The maximum atomic E-state index is 12.6. The Morgan fingerprint density at radius 2 is 1.91 bits per heavy atom. The minimum Gasteiger partial charge on any atom is -0.459 e. The summed E-state index contributed by atoms with van der Waals surface area (Å²) in [4.78, 5) is 36.5. The minimum atomic E-state index is -1.25. The van der Waals surface area contributed by atoms with E-state index in [2.05, 4.69) is 10.9 Å². The van der Waals surface area contributed by atoms with E-state index < -0.39 is 28.2 Å². The summed E-state index contributed by atoms with van der Waals surface area (Å²) < 4.78 is 10.4. The van der Waals surface area contributed by atoms with Crippen molar-refractivity contribution < 1.29 is 23.5 Å². The number of esters is 1. The van der Waals surface area contributed by atoms with E-state index in [0.717, 1.165) is 0 Å². The number of hydrogen-bond acceptors (Lipinski definition) is 5. The Hall–Kier alpha value is -2.31. The fraction of sp³-hybridized carbons (Fsp3) is 0.533. The second-order valence-corrected chi connectivity index (χ2v) is 6.56. The SMILES string of the molecule is CC1(C)[C@]2(C)CC[C@]1(C(=O)NNC(=O)c1ccco1)OC2=O.